The van der Waals surface area contributed by atoms with Crippen molar-refractivity contribution in [2.75, 3.05) is 45.7 Å². The van der Waals surface area contributed by atoms with Gasteiger partial charge in [-0.25, -0.2) is 0 Å². The standard InChI is InChI=1S/C21H29N3O/c1-22(2)19-9-7-8-17(14-19)10-11-20-15-18(21(25)23(20)3)16-24-12-5-4-6-13-24/h7-9,14,18,20H,4-6,12-13,15-16H2,1-3H3. The van der Waals surface area contributed by atoms with Gasteiger partial charge in [0.1, 0.15) is 0 Å². The van der Waals surface area contributed by atoms with Crippen molar-refractivity contribution in [2.24, 2.45) is 5.92 Å². The molecule has 2 fully saturated rings. The van der Waals surface area contributed by atoms with Gasteiger partial charge in [-0.1, -0.05) is 24.3 Å². The number of carbonyl (C=O) groups is 1. The first-order chi connectivity index (χ1) is 12.0. The number of hydrogen-bond donors (Lipinski definition) is 0. The molecule has 0 N–H and O–H groups in total. The molecule has 2 aliphatic rings. The maximum Gasteiger partial charge on any atom is 0.227 e. The Morgan fingerprint density at radius 3 is 2.68 bits per heavy atom. The Balaban J connectivity index is 1.65. The van der Waals surface area contributed by atoms with Gasteiger partial charge in [0, 0.05) is 38.9 Å². The summed E-state index contributed by atoms with van der Waals surface area (Å²) in [6.45, 7) is 3.18. The van der Waals surface area contributed by atoms with Crippen LogP contribution in [0.2, 0.25) is 0 Å². The summed E-state index contributed by atoms with van der Waals surface area (Å²) in [5.41, 5.74) is 2.15. The van der Waals surface area contributed by atoms with Crippen molar-refractivity contribution in [3.63, 3.8) is 0 Å². The van der Waals surface area contributed by atoms with Crippen molar-refractivity contribution in [3.8, 4) is 11.8 Å². The lowest BCUT2D eigenvalue weighted by Gasteiger charge is -2.28. The van der Waals surface area contributed by atoms with Crippen LogP contribution in [0.15, 0.2) is 24.3 Å². The first kappa shape index (κ1) is 17.8. The van der Waals surface area contributed by atoms with E-state index in [0.717, 1.165) is 37.3 Å². The summed E-state index contributed by atoms with van der Waals surface area (Å²) in [5.74, 6) is 6.97. The maximum absolute atomic E-state index is 12.6. The molecule has 0 aromatic heterocycles. The third-order valence-electron chi connectivity index (χ3n) is 5.35. The van der Waals surface area contributed by atoms with Gasteiger partial charge in [-0.3, -0.25) is 4.79 Å². The molecule has 0 bridgehead atoms. The quantitative estimate of drug-likeness (QED) is 0.792. The average molecular weight is 339 g/mol. The fourth-order valence-electron chi connectivity index (χ4n) is 3.76. The molecule has 0 radical (unpaired) electrons. The molecule has 2 saturated heterocycles. The summed E-state index contributed by atoms with van der Waals surface area (Å²) < 4.78 is 0. The van der Waals surface area contributed by atoms with Crippen LogP contribution in [0.1, 0.15) is 31.2 Å². The van der Waals surface area contributed by atoms with Crippen molar-refractivity contribution in [2.45, 2.75) is 31.7 Å². The topological polar surface area (TPSA) is 26.8 Å². The number of nitrogens with zero attached hydrogens (tertiary/aromatic N) is 3. The van der Waals surface area contributed by atoms with E-state index in [4.69, 9.17) is 0 Å². The molecule has 2 aliphatic heterocycles. The number of carbonyl (C=O) groups excluding carboxylic acids is 1. The molecule has 25 heavy (non-hydrogen) atoms. The van der Waals surface area contributed by atoms with Gasteiger partial charge in [0.05, 0.1) is 12.0 Å². The second-order valence-electron chi connectivity index (χ2n) is 7.47. The molecule has 1 aromatic rings. The largest absolute Gasteiger partial charge is 0.378 e. The minimum atomic E-state index is 0.0327. The number of piperidine rings is 1. The highest BCUT2D eigenvalue weighted by Crippen LogP contribution is 2.25. The van der Waals surface area contributed by atoms with Gasteiger partial charge in [-0.05, 0) is 50.6 Å². The molecule has 0 saturated carbocycles. The molecular weight excluding hydrogens is 310 g/mol. The van der Waals surface area contributed by atoms with Crippen LogP contribution in [0.25, 0.3) is 0 Å². The Morgan fingerprint density at radius 1 is 1.20 bits per heavy atom. The number of hydrogen-bond acceptors (Lipinski definition) is 3. The molecule has 2 unspecified atom stereocenters. The van der Waals surface area contributed by atoms with Crippen LogP contribution in [0.3, 0.4) is 0 Å². The molecule has 4 heteroatoms. The van der Waals surface area contributed by atoms with E-state index in [0.29, 0.717) is 0 Å². The van der Waals surface area contributed by atoms with Crippen LogP contribution in [0.4, 0.5) is 5.69 Å². The first-order valence-electron chi connectivity index (χ1n) is 9.32. The number of benzene rings is 1. The monoisotopic (exact) mass is 339 g/mol. The molecule has 2 atom stereocenters. The second kappa shape index (κ2) is 7.93. The predicted octanol–water partition coefficient (Wildman–Crippen LogP) is 2.44. The summed E-state index contributed by atoms with van der Waals surface area (Å²) in [5, 5.41) is 0. The minimum absolute atomic E-state index is 0.0327. The lowest BCUT2D eigenvalue weighted by atomic mass is 10.0. The van der Waals surface area contributed by atoms with Crippen molar-refractivity contribution in [3.05, 3.63) is 29.8 Å². The Bertz CT molecular complexity index is 667. The van der Waals surface area contributed by atoms with Crippen molar-refractivity contribution >= 4 is 11.6 Å². The molecule has 2 heterocycles. The summed E-state index contributed by atoms with van der Waals surface area (Å²) in [4.78, 5) is 18.9. The van der Waals surface area contributed by atoms with Gasteiger partial charge in [0.2, 0.25) is 5.91 Å². The van der Waals surface area contributed by atoms with E-state index in [1.54, 1.807) is 0 Å². The molecule has 1 amide bonds. The van der Waals surface area contributed by atoms with Gasteiger partial charge >= 0.3 is 0 Å². The van der Waals surface area contributed by atoms with Gasteiger partial charge < -0.3 is 14.7 Å². The Labute approximate surface area is 151 Å². The van der Waals surface area contributed by atoms with Crippen LogP contribution in [-0.2, 0) is 4.79 Å². The number of amides is 1. The zero-order valence-electron chi connectivity index (χ0n) is 15.7. The summed E-state index contributed by atoms with van der Waals surface area (Å²) in [7, 11) is 5.95. The van der Waals surface area contributed by atoms with Gasteiger partial charge in [-0.2, -0.15) is 0 Å². The number of likely N-dealkylation sites (tertiary alicyclic amines) is 2. The Morgan fingerprint density at radius 2 is 1.96 bits per heavy atom. The highest BCUT2D eigenvalue weighted by molar-refractivity contribution is 5.82. The highest BCUT2D eigenvalue weighted by atomic mass is 16.2. The van der Waals surface area contributed by atoms with Crippen LogP contribution < -0.4 is 4.90 Å². The molecule has 3 rings (SSSR count). The van der Waals surface area contributed by atoms with E-state index in [-0.39, 0.29) is 17.9 Å². The van der Waals surface area contributed by atoms with Crippen molar-refractivity contribution < 1.29 is 4.79 Å². The van der Waals surface area contributed by atoms with Crippen molar-refractivity contribution in [1.82, 2.24) is 9.80 Å². The van der Waals surface area contributed by atoms with Gasteiger partial charge in [0.15, 0.2) is 0 Å². The SMILES string of the molecule is CN(C)c1cccc(C#CC2CC(CN3CCCCC3)C(=O)N2C)c1. The number of rotatable bonds is 3. The predicted molar refractivity (Wildman–Crippen MR) is 103 cm³/mol. The van der Waals surface area contributed by atoms with E-state index in [9.17, 15) is 4.79 Å². The zero-order valence-corrected chi connectivity index (χ0v) is 15.7. The lowest BCUT2D eigenvalue weighted by molar-refractivity contribution is -0.130. The third kappa shape index (κ3) is 4.35. The fraction of sp³-hybridized carbons (Fsp3) is 0.571. The smallest absolute Gasteiger partial charge is 0.227 e. The molecule has 4 nitrogen and oxygen atoms in total. The van der Waals surface area contributed by atoms with E-state index in [2.05, 4.69) is 33.8 Å². The van der Waals surface area contributed by atoms with Gasteiger partial charge in [-0.15, -0.1) is 0 Å². The molecular formula is C21H29N3O. The zero-order chi connectivity index (χ0) is 17.8. The van der Waals surface area contributed by atoms with Crippen LogP contribution in [0.5, 0.6) is 0 Å². The van der Waals surface area contributed by atoms with Gasteiger partial charge in [0.25, 0.3) is 0 Å². The average Bonchev–Trinajstić information content (AvgIpc) is 2.89. The normalized spacial score (nSPS) is 24.1. The third-order valence-corrected chi connectivity index (χ3v) is 5.35. The number of anilines is 1. The van der Waals surface area contributed by atoms with Crippen LogP contribution in [-0.4, -0.2) is 62.5 Å². The molecule has 1 aromatic carbocycles. The van der Waals surface area contributed by atoms with Crippen LogP contribution >= 0.6 is 0 Å². The maximum atomic E-state index is 12.6. The molecule has 134 valence electrons. The Kier molecular flexibility index (Phi) is 5.65. The van der Waals surface area contributed by atoms with E-state index < -0.39 is 0 Å². The Hall–Kier alpha value is -1.99. The van der Waals surface area contributed by atoms with Crippen LogP contribution in [0, 0.1) is 17.8 Å². The summed E-state index contributed by atoms with van der Waals surface area (Å²) in [6, 6.07) is 8.26. The minimum Gasteiger partial charge on any atom is -0.378 e. The highest BCUT2D eigenvalue weighted by Gasteiger charge is 2.37. The summed E-state index contributed by atoms with van der Waals surface area (Å²) in [6.07, 6.45) is 4.71. The fourth-order valence-corrected chi connectivity index (χ4v) is 3.76. The lowest BCUT2D eigenvalue weighted by Crippen LogP contribution is -2.37. The van der Waals surface area contributed by atoms with E-state index in [1.807, 2.05) is 38.2 Å². The second-order valence-corrected chi connectivity index (χ2v) is 7.47. The molecule has 0 aliphatic carbocycles. The van der Waals surface area contributed by atoms with Crippen molar-refractivity contribution in [1.29, 1.82) is 0 Å². The van der Waals surface area contributed by atoms with E-state index in [1.165, 1.54) is 19.3 Å². The summed E-state index contributed by atoms with van der Waals surface area (Å²) >= 11 is 0. The van der Waals surface area contributed by atoms with E-state index >= 15 is 0 Å². The first-order valence-corrected chi connectivity index (χ1v) is 9.32. The molecule has 0 spiro atoms.